The van der Waals surface area contributed by atoms with Crippen molar-refractivity contribution < 1.29 is 5.11 Å². The summed E-state index contributed by atoms with van der Waals surface area (Å²) in [5.74, 6) is 0.444. The Morgan fingerprint density at radius 3 is 2.73 bits per heavy atom. The standard InChI is InChI=1S/C20H13ClN2O2S/c21-16(10-12-5-4-8-14(24)9-12)18-22-19(25)17-15(11-26-20(17)23-18)13-6-2-1-3-7-13/h1-11,24H,(H,22,23,25)/b16-10-. The van der Waals surface area contributed by atoms with E-state index in [4.69, 9.17) is 11.6 Å². The summed E-state index contributed by atoms with van der Waals surface area (Å²) in [4.78, 5) is 20.5. The van der Waals surface area contributed by atoms with Crippen molar-refractivity contribution >= 4 is 44.3 Å². The van der Waals surface area contributed by atoms with Crippen LogP contribution in [-0.2, 0) is 0 Å². The van der Waals surface area contributed by atoms with Gasteiger partial charge < -0.3 is 10.1 Å². The quantitative estimate of drug-likeness (QED) is 0.520. The van der Waals surface area contributed by atoms with Crippen molar-refractivity contribution in [2.45, 2.75) is 0 Å². The van der Waals surface area contributed by atoms with Crippen molar-refractivity contribution in [3.8, 4) is 16.9 Å². The van der Waals surface area contributed by atoms with E-state index in [1.807, 2.05) is 35.7 Å². The minimum absolute atomic E-state index is 0.144. The molecule has 0 amide bonds. The van der Waals surface area contributed by atoms with E-state index >= 15 is 0 Å². The molecule has 0 saturated heterocycles. The smallest absolute Gasteiger partial charge is 0.260 e. The van der Waals surface area contributed by atoms with Crippen LogP contribution in [0.1, 0.15) is 11.4 Å². The van der Waals surface area contributed by atoms with Crippen LogP contribution in [0.4, 0.5) is 0 Å². The number of rotatable bonds is 3. The molecule has 2 heterocycles. The number of phenols is 1. The number of H-pyrrole nitrogens is 1. The molecule has 2 N–H and O–H groups in total. The summed E-state index contributed by atoms with van der Waals surface area (Å²) >= 11 is 7.75. The number of phenolic OH excluding ortho intramolecular Hbond substituents is 1. The van der Waals surface area contributed by atoms with E-state index in [2.05, 4.69) is 9.97 Å². The monoisotopic (exact) mass is 380 g/mol. The first-order valence-electron chi connectivity index (χ1n) is 7.85. The topological polar surface area (TPSA) is 66.0 Å². The molecule has 128 valence electrons. The lowest BCUT2D eigenvalue weighted by molar-refractivity contribution is 0.475. The first-order valence-corrected chi connectivity index (χ1v) is 9.11. The van der Waals surface area contributed by atoms with Crippen molar-refractivity contribution in [1.29, 1.82) is 0 Å². The number of benzene rings is 2. The summed E-state index contributed by atoms with van der Waals surface area (Å²) in [7, 11) is 0. The molecule has 0 atom stereocenters. The molecule has 26 heavy (non-hydrogen) atoms. The Labute approximate surface area is 158 Å². The van der Waals surface area contributed by atoms with Gasteiger partial charge in [-0.1, -0.05) is 54.1 Å². The maximum atomic E-state index is 12.7. The molecule has 6 heteroatoms. The van der Waals surface area contributed by atoms with Crippen LogP contribution in [0.25, 0.3) is 32.5 Å². The van der Waals surface area contributed by atoms with Crippen LogP contribution < -0.4 is 5.56 Å². The van der Waals surface area contributed by atoms with Crippen molar-refractivity contribution in [3.63, 3.8) is 0 Å². The molecule has 2 aromatic heterocycles. The molecule has 0 spiro atoms. The zero-order valence-corrected chi connectivity index (χ0v) is 15.0. The van der Waals surface area contributed by atoms with Crippen LogP contribution in [0.15, 0.2) is 64.8 Å². The molecular formula is C20H13ClN2O2S. The van der Waals surface area contributed by atoms with E-state index in [0.29, 0.717) is 26.6 Å². The largest absolute Gasteiger partial charge is 0.508 e. The summed E-state index contributed by atoms with van der Waals surface area (Å²) < 4.78 is 0. The number of hydrogen-bond donors (Lipinski definition) is 2. The predicted octanol–water partition coefficient (Wildman–Crippen LogP) is 5.09. The Balaban J connectivity index is 1.80. The number of nitrogens with one attached hydrogen (secondary N) is 1. The van der Waals surface area contributed by atoms with Crippen molar-refractivity contribution in [3.05, 3.63) is 81.7 Å². The zero-order chi connectivity index (χ0) is 18.1. The van der Waals surface area contributed by atoms with Gasteiger partial charge in [-0.3, -0.25) is 4.79 Å². The molecular weight excluding hydrogens is 368 g/mol. The summed E-state index contributed by atoms with van der Waals surface area (Å²) in [5, 5.41) is 12.3. The second kappa shape index (κ2) is 6.78. The molecule has 0 radical (unpaired) electrons. The molecule has 0 aliphatic heterocycles. The van der Waals surface area contributed by atoms with Gasteiger partial charge in [0, 0.05) is 10.9 Å². The highest BCUT2D eigenvalue weighted by atomic mass is 35.5. The lowest BCUT2D eigenvalue weighted by Crippen LogP contribution is -2.10. The Kier molecular flexibility index (Phi) is 4.32. The fraction of sp³-hybridized carbons (Fsp3) is 0. The van der Waals surface area contributed by atoms with E-state index in [9.17, 15) is 9.90 Å². The first-order chi connectivity index (χ1) is 12.6. The highest BCUT2D eigenvalue weighted by Gasteiger charge is 2.14. The fourth-order valence-corrected chi connectivity index (χ4v) is 3.88. The maximum Gasteiger partial charge on any atom is 0.260 e. The summed E-state index contributed by atoms with van der Waals surface area (Å²) in [5.41, 5.74) is 2.32. The molecule has 0 aliphatic rings. The van der Waals surface area contributed by atoms with Gasteiger partial charge in [-0.25, -0.2) is 4.98 Å². The van der Waals surface area contributed by atoms with Crippen molar-refractivity contribution in [2.24, 2.45) is 0 Å². The molecule has 4 rings (SSSR count). The van der Waals surface area contributed by atoms with Gasteiger partial charge >= 0.3 is 0 Å². The van der Waals surface area contributed by atoms with E-state index in [0.717, 1.165) is 11.1 Å². The van der Waals surface area contributed by atoms with E-state index in [1.54, 1.807) is 30.3 Å². The van der Waals surface area contributed by atoms with Crippen molar-refractivity contribution in [2.75, 3.05) is 0 Å². The van der Waals surface area contributed by atoms with Gasteiger partial charge in [-0.15, -0.1) is 11.3 Å². The highest BCUT2D eigenvalue weighted by Crippen LogP contribution is 2.31. The average molecular weight is 381 g/mol. The summed E-state index contributed by atoms with van der Waals surface area (Å²) in [6.07, 6.45) is 1.65. The lowest BCUT2D eigenvalue weighted by atomic mass is 10.1. The minimum Gasteiger partial charge on any atom is -0.508 e. The molecule has 2 aromatic carbocycles. The molecule has 0 fully saturated rings. The second-order valence-corrected chi connectivity index (χ2v) is 6.96. The maximum absolute atomic E-state index is 12.7. The molecule has 4 nitrogen and oxygen atoms in total. The Morgan fingerprint density at radius 1 is 1.15 bits per heavy atom. The van der Waals surface area contributed by atoms with Gasteiger partial charge in [-0.05, 0) is 29.3 Å². The van der Waals surface area contributed by atoms with Gasteiger partial charge in [0.15, 0.2) is 5.82 Å². The van der Waals surface area contributed by atoms with Gasteiger partial charge in [0.2, 0.25) is 0 Å². The second-order valence-electron chi connectivity index (χ2n) is 5.70. The Bertz CT molecular complexity index is 1180. The normalized spacial score (nSPS) is 11.8. The van der Waals surface area contributed by atoms with Gasteiger partial charge in [0.25, 0.3) is 5.56 Å². The number of aromatic hydroxyl groups is 1. The fourth-order valence-electron chi connectivity index (χ4n) is 2.72. The SMILES string of the molecule is O=c1[nH]c(/C(Cl)=C/c2cccc(O)c2)nc2scc(-c3ccccc3)c12. The Morgan fingerprint density at radius 2 is 1.96 bits per heavy atom. The lowest BCUT2D eigenvalue weighted by Gasteiger charge is -2.02. The molecule has 0 aliphatic carbocycles. The van der Waals surface area contributed by atoms with Crippen LogP contribution in [-0.4, -0.2) is 15.1 Å². The molecule has 4 aromatic rings. The van der Waals surface area contributed by atoms with Crippen LogP contribution >= 0.6 is 22.9 Å². The average Bonchev–Trinajstić information content (AvgIpc) is 3.07. The minimum atomic E-state index is -0.229. The number of hydrogen-bond acceptors (Lipinski definition) is 4. The van der Waals surface area contributed by atoms with Crippen LogP contribution in [0.5, 0.6) is 5.75 Å². The van der Waals surface area contributed by atoms with E-state index in [-0.39, 0.29) is 11.3 Å². The van der Waals surface area contributed by atoms with Crippen LogP contribution in [0, 0.1) is 0 Å². The van der Waals surface area contributed by atoms with Gasteiger partial charge in [0.1, 0.15) is 10.6 Å². The summed E-state index contributed by atoms with van der Waals surface area (Å²) in [6.45, 7) is 0. The molecule has 0 unspecified atom stereocenters. The molecule has 0 saturated carbocycles. The number of halogens is 1. The third-order valence-corrected chi connectivity index (χ3v) is 5.08. The van der Waals surface area contributed by atoms with Crippen LogP contribution in [0.3, 0.4) is 0 Å². The number of aromatic amines is 1. The highest BCUT2D eigenvalue weighted by molar-refractivity contribution is 7.17. The Hall–Kier alpha value is -2.89. The van der Waals surface area contributed by atoms with E-state index < -0.39 is 0 Å². The third kappa shape index (κ3) is 3.14. The molecule has 0 bridgehead atoms. The number of fused-ring (bicyclic) bond motifs is 1. The zero-order valence-electron chi connectivity index (χ0n) is 13.4. The van der Waals surface area contributed by atoms with Crippen LogP contribution in [0.2, 0.25) is 0 Å². The number of aromatic nitrogens is 2. The first kappa shape index (κ1) is 16.6. The number of thiophene rings is 1. The predicted molar refractivity (Wildman–Crippen MR) is 108 cm³/mol. The summed E-state index contributed by atoms with van der Waals surface area (Å²) in [6, 6.07) is 16.4. The van der Waals surface area contributed by atoms with Crippen molar-refractivity contribution in [1.82, 2.24) is 9.97 Å². The van der Waals surface area contributed by atoms with Gasteiger partial charge in [0.05, 0.1) is 10.4 Å². The number of nitrogens with zero attached hydrogens (tertiary/aromatic N) is 1. The van der Waals surface area contributed by atoms with E-state index in [1.165, 1.54) is 11.3 Å². The van der Waals surface area contributed by atoms with Gasteiger partial charge in [-0.2, -0.15) is 0 Å². The third-order valence-electron chi connectivity index (χ3n) is 3.92.